The van der Waals surface area contributed by atoms with Gasteiger partial charge in [0.25, 0.3) is 0 Å². The molecule has 1 amide bonds. The Bertz CT molecular complexity index is 514. The third-order valence-corrected chi connectivity index (χ3v) is 2.65. The molecule has 0 spiro atoms. The average Bonchev–Trinajstić information content (AvgIpc) is 2.55. The van der Waals surface area contributed by atoms with E-state index in [1.807, 2.05) is 6.07 Å². The molecule has 1 aromatic rings. The number of anilines is 1. The van der Waals surface area contributed by atoms with Crippen LogP contribution >= 0.6 is 0 Å². The van der Waals surface area contributed by atoms with E-state index in [2.05, 4.69) is 0 Å². The molecule has 4 nitrogen and oxygen atoms in total. The summed E-state index contributed by atoms with van der Waals surface area (Å²) >= 11 is 0. The van der Waals surface area contributed by atoms with Gasteiger partial charge in [-0.05, 0) is 30.7 Å². The first-order valence-corrected chi connectivity index (χ1v) is 4.94. The van der Waals surface area contributed by atoms with Crippen LogP contribution in [0.15, 0.2) is 18.2 Å². The number of nitrogens with zero attached hydrogens (tertiary/aromatic N) is 2. The number of rotatable bonds is 2. The van der Waals surface area contributed by atoms with E-state index in [9.17, 15) is 9.59 Å². The summed E-state index contributed by atoms with van der Waals surface area (Å²) in [5.41, 5.74) is 2.18. The van der Waals surface area contributed by atoms with Crippen LogP contribution in [-0.4, -0.2) is 18.2 Å². The minimum atomic E-state index is -0.0859. The van der Waals surface area contributed by atoms with Crippen LogP contribution in [0.5, 0.6) is 0 Å². The molecule has 1 aliphatic heterocycles. The van der Waals surface area contributed by atoms with Crippen molar-refractivity contribution in [2.24, 2.45) is 0 Å². The molecule has 0 unspecified atom stereocenters. The van der Waals surface area contributed by atoms with E-state index >= 15 is 0 Å². The molecule has 1 aromatic carbocycles. The second-order valence-electron chi connectivity index (χ2n) is 3.71. The first-order valence-electron chi connectivity index (χ1n) is 4.94. The first kappa shape index (κ1) is 10.4. The van der Waals surface area contributed by atoms with E-state index in [4.69, 9.17) is 5.26 Å². The second-order valence-corrected chi connectivity index (χ2v) is 3.71. The fourth-order valence-electron chi connectivity index (χ4n) is 1.85. The molecule has 1 heterocycles. The van der Waals surface area contributed by atoms with Gasteiger partial charge in [0, 0.05) is 11.3 Å². The smallest absolute Gasteiger partial charge is 0.232 e. The lowest BCUT2D eigenvalue weighted by atomic mass is 10.1. The number of carbonyl (C=O) groups is 2. The van der Waals surface area contributed by atoms with E-state index in [0.717, 1.165) is 11.3 Å². The van der Waals surface area contributed by atoms with E-state index in [1.165, 1.54) is 11.8 Å². The van der Waals surface area contributed by atoms with E-state index in [-0.39, 0.29) is 24.7 Å². The summed E-state index contributed by atoms with van der Waals surface area (Å²) < 4.78 is 0. The van der Waals surface area contributed by atoms with E-state index in [1.54, 1.807) is 18.2 Å². The first-order chi connectivity index (χ1) is 7.63. The van der Waals surface area contributed by atoms with E-state index < -0.39 is 0 Å². The van der Waals surface area contributed by atoms with Gasteiger partial charge in [-0.15, -0.1) is 0 Å². The number of fused-ring (bicyclic) bond motifs is 1. The molecule has 4 heteroatoms. The third-order valence-electron chi connectivity index (χ3n) is 2.65. The van der Waals surface area contributed by atoms with Crippen LogP contribution in [0.25, 0.3) is 0 Å². The summed E-state index contributed by atoms with van der Waals surface area (Å²) in [6, 6.07) is 7.10. The highest BCUT2D eigenvalue weighted by molar-refractivity contribution is 6.03. The van der Waals surface area contributed by atoms with Crippen molar-refractivity contribution in [2.75, 3.05) is 11.4 Å². The molecule has 2 rings (SSSR count). The van der Waals surface area contributed by atoms with Crippen molar-refractivity contribution in [1.82, 2.24) is 0 Å². The third kappa shape index (κ3) is 1.57. The average molecular weight is 214 g/mol. The normalized spacial score (nSPS) is 13.5. The number of hydrogen-bond donors (Lipinski definition) is 0. The summed E-state index contributed by atoms with van der Waals surface area (Å²) in [6.07, 6.45) is 0.276. The van der Waals surface area contributed by atoms with Crippen molar-refractivity contribution in [3.63, 3.8) is 0 Å². The zero-order valence-electron chi connectivity index (χ0n) is 8.86. The van der Waals surface area contributed by atoms with Crippen molar-refractivity contribution < 1.29 is 9.59 Å². The van der Waals surface area contributed by atoms with Crippen LogP contribution in [0, 0.1) is 11.3 Å². The lowest BCUT2D eigenvalue weighted by Gasteiger charge is -2.12. The summed E-state index contributed by atoms with van der Waals surface area (Å²) in [7, 11) is 0. The fourth-order valence-corrected chi connectivity index (χ4v) is 1.85. The highest BCUT2D eigenvalue weighted by atomic mass is 16.2. The van der Waals surface area contributed by atoms with Gasteiger partial charge in [0.05, 0.1) is 12.5 Å². The predicted molar refractivity (Wildman–Crippen MR) is 58.1 cm³/mol. The van der Waals surface area contributed by atoms with Crippen molar-refractivity contribution in [3.8, 4) is 6.07 Å². The standard InChI is InChI=1S/C12H10N2O2/c1-8(15)9-2-3-11-10(6-9)7-12(16)14(11)5-4-13/h2-3,6H,5,7H2,1H3. The van der Waals surface area contributed by atoms with Crippen molar-refractivity contribution in [2.45, 2.75) is 13.3 Å². The highest BCUT2D eigenvalue weighted by Gasteiger charge is 2.27. The molecule has 0 bridgehead atoms. The van der Waals surface area contributed by atoms with Crippen LogP contribution in [0.4, 0.5) is 5.69 Å². The van der Waals surface area contributed by atoms with Crippen molar-refractivity contribution in [3.05, 3.63) is 29.3 Å². The summed E-state index contributed by atoms with van der Waals surface area (Å²) in [6.45, 7) is 1.55. The zero-order chi connectivity index (χ0) is 11.7. The molecular formula is C12H10N2O2. The van der Waals surface area contributed by atoms with Gasteiger partial charge < -0.3 is 0 Å². The monoisotopic (exact) mass is 214 g/mol. The predicted octanol–water partition coefficient (Wildman–Crippen LogP) is 1.30. The number of ketones is 1. The Morgan fingerprint density at radius 2 is 2.31 bits per heavy atom. The van der Waals surface area contributed by atoms with Crippen molar-refractivity contribution >= 4 is 17.4 Å². The highest BCUT2D eigenvalue weighted by Crippen LogP contribution is 2.29. The van der Waals surface area contributed by atoms with Crippen molar-refractivity contribution in [1.29, 1.82) is 5.26 Å². The number of hydrogen-bond acceptors (Lipinski definition) is 3. The maximum absolute atomic E-state index is 11.6. The molecule has 0 aliphatic carbocycles. The molecule has 0 aromatic heterocycles. The van der Waals surface area contributed by atoms with Gasteiger partial charge in [-0.1, -0.05) is 0 Å². The van der Waals surface area contributed by atoms with Crippen LogP contribution in [0.1, 0.15) is 22.8 Å². The number of benzene rings is 1. The van der Waals surface area contributed by atoms with Gasteiger partial charge in [-0.25, -0.2) is 0 Å². The summed E-state index contributed by atoms with van der Waals surface area (Å²) in [5.74, 6) is -0.105. The Labute approximate surface area is 93.1 Å². The minimum Gasteiger partial charge on any atom is -0.298 e. The Hall–Kier alpha value is -2.15. The molecule has 0 saturated heterocycles. The molecule has 0 atom stereocenters. The molecule has 0 N–H and O–H groups in total. The molecular weight excluding hydrogens is 204 g/mol. The fraction of sp³-hybridized carbons (Fsp3) is 0.250. The van der Waals surface area contributed by atoms with Crippen LogP contribution < -0.4 is 4.90 Å². The SMILES string of the molecule is CC(=O)c1ccc2c(c1)CC(=O)N2CC#N. The Morgan fingerprint density at radius 3 is 2.94 bits per heavy atom. The maximum atomic E-state index is 11.6. The Kier molecular flexibility index (Phi) is 2.45. The van der Waals surface area contributed by atoms with Gasteiger partial charge in [0.1, 0.15) is 6.54 Å². The van der Waals surface area contributed by atoms with Gasteiger partial charge in [-0.3, -0.25) is 14.5 Å². The summed E-state index contributed by atoms with van der Waals surface area (Å²) in [5, 5.41) is 8.61. The van der Waals surface area contributed by atoms with Crippen LogP contribution in [-0.2, 0) is 11.2 Å². The Morgan fingerprint density at radius 1 is 1.56 bits per heavy atom. The number of nitriles is 1. The molecule has 1 aliphatic rings. The van der Waals surface area contributed by atoms with Gasteiger partial charge >= 0.3 is 0 Å². The van der Waals surface area contributed by atoms with Gasteiger partial charge in [-0.2, -0.15) is 5.26 Å². The van der Waals surface area contributed by atoms with Crippen LogP contribution in [0.2, 0.25) is 0 Å². The molecule has 0 fully saturated rings. The molecule has 0 saturated carbocycles. The van der Waals surface area contributed by atoms with Gasteiger partial charge in [0.15, 0.2) is 5.78 Å². The molecule has 16 heavy (non-hydrogen) atoms. The lowest BCUT2D eigenvalue weighted by Crippen LogP contribution is -2.26. The second kappa shape index (κ2) is 3.78. The number of Topliss-reactive ketones (excluding diaryl/α,β-unsaturated/α-hetero) is 1. The lowest BCUT2D eigenvalue weighted by molar-refractivity contribution is -0.117. The maximum Gasteiger partial charge on any atom is 0.232 e. The number of amides is 1. The quantitative estimate of drug-likeness (QED) is 0.550. The molecule has 80 valence electrons. The van der Waals surface area contributed by atoms with Crippen LogP contribution in [0.3, 0.4) is 0 Å². The number of carbonyl (C=O) groups excluding carboxylic acids is 2. The van der Waals surface area contributed by atoms with Gasteiger partial charge in [0.2, 0.25) is 5.91 Å². The largest absolute Gasteiger partial charge is 0.298 e. The molecule has 0 radical (unpaired) electrons. The summed E-state index contributed by atoms with van der Waals surface area (Å²) in [4.78, 5) is 24.2. The Balaban J connectivity index is 2.43. The minimum absolute atomic E-state index is 0.0195. The van der Waals surface area contributed by atoms with E-state index in [0.29, 0.717) is 5.56 Å². The topological polar surface area (TPSA) is 61.2 Å². The zero-order valence-corrected chi connectivity index (χ0v) is 8.86.